The summed E-state index contributed by atoms with van der Waals surface area (Å²) in [6.07, 6.45) is 3.04. The molecule has 0 bridgehead atoms. The molecule has 0 spiro atoms. The van der Waals surface area contributed by atoms with Crippen molar-refractivity contribution in [2.75, 3.05) is 5.75 Å². The normalized spacial score (nSPS) is 10.4. The fraction of sp³-hybridized carbons (Fsp3) is 0.500. The number of rotatable bonds is 4. The van der Waals surface area contributed by atoms with Crippen molar-refractivity contribution < 1.29 is 9.90 Å². The molecule has 0 aliphatic carbocycles. The number of hydrogen-bond acceptors (Lipinski definition) is 3. The van der Waals surface area contributed by atoms with Crippen molar-refractivity contribution in [3.63, 3.8) is 0 Å². The van der Waals surface area contributed by atoms with Gasteiger partial charge < -0.3 is 5.11 Å². The number of halogens is 1. The first kappa shape index (κ1) is 16.4. The van der Waals surface area contributed by atoms with E-state index in [0.717, 1.165) is 10.8 Å². The molecular formula is C12H18BrNO2S. The first-order valence-electron chi connectivity index (χ1n) is 5.34. The second-order valence-electron chi connectivity index (χ2n) is 3.79. The fourth-order valence-electron chi connectivity index (χ4n) is 0.639. The van der Waals surface area contributed by atoms with Gasteiger partial charge in [-0.2, -0.15) is 0 Å². The lowest BCUT2D eigenvalue weighted by Gasteiger charge is -2.06. The molecule has 0 atom stereocenters. The Morgan fingerprint density at radius 3 is 2.47 bits per heavy atom. The highest BCUT2D eigenvalue weighted by Gasteiger charge is 2.21. The van der Waals surface area contributed by atoms with Gasteiger partial charge in [-0.15, -0.1) is 11.8 Å². The third-order valence-electron chi connectivity index (χ3n) is 1.60. The maximum absolute atomic E-state index is 9.97. The molecule has 0 amide bonds. The molecule has 0 aromatic carbocycles. The second-order valence-corrected chi connectivity index (χ2v) is 6.89. The van der Waals surface area contributed by atoms with Crippen molar-refractivity contribution in [1.82, 2.24) is 4.98 Å². The molecule has 5 heteroatoms. The predicted octanol–water partition coefficient (Wildman–Crippen LogP) is 3.83. The molecule has 96 valence electrons. The van der Waals surface area contributed by atoms with Gasteiger partial charge >= 0.3 is 5.97 Å². The summed E-state index contributed by atoms with van der Waals surface area (Å²) in [5, 5.41) is 9.33. The number of hydrogen-bond donors (Lipinski definition) is 1. The largest absolute Gasteiger partial charge is 0.480 e. The van der Waals surface area contributed by atoms with Crippen LogP contribution in [0.5, 0.6) is 0 Å². The molecule has 0 fully saturated rings. The molecule has 1 rings (SSSR count). The summed E-state index contributed by atoms with van der Waals surface area (Å²) in [5.74, 6) is 0.323. The minimum atomic E-state index is -0.840. The van der Waals surface area contributed by atoms with Crippen LogP contribution in [-0.4, -0.2) is 26.1 Å². The number of carbonyl (C=O) groups is 1. The van der Waals surface area contributed by atoms with E-state index in [-0.39, 0.29) is 0 Å². The number of pyridine rings is 1. The summed E-state index contributed by atoms with van der Waals surface area (Å²) in [4.78, 5) is 14.2. The van der Waals surface area contributed by atoms with Crippen LogP contribution in [0.15, 0.2) is 29.4 Å². The average Bonchev–Trinajstić information content (AvgIpc) is 2.27. The molecule has 0 saturated heterocycles. The zero-order valence-corrected chi connectivity index (χ0v) is 12.7. The molecule has 0 saturated carbocycles. The Bertz CT molecular complexity index is 325. The average molecular weight is 320 g/mol. The molecular weight excluding hydrogens is 302 g/mol. The third-order valence-corrected chi connectivity index (χ3v) is 3.09. The highest BCUT2D eigenvalue weighted by atomic mass is 79.9. The van der Waals surface area contributed by atoms with E-state index in [2.05, 4.69) is 27.8 Å². The molecule has 1 aromatic heterocycles. The molecule has 0 aliphatic heterocycles. The number of nitrogens with zero attached hydrogens (tertiary/aromatic N) is 1. The quantitative estimate of drug-likeness (QED) is 0.677. The molecule has 3 nitrogen and oxygen atoms in total. The third kappa shape index (κ3) is 9.18. The van der Waals surface area contributed by atoms with Crippen LogP contribution < -0.4 is 0 Å². The summed E-state index contributed by atoms with van der Waals surface area (Å²) in [6, 6.07) is 6.00. The predicted molar refractivity (Wildman–Crippen MR) is 75.9 cm³/mol. The van der Waals surface area contributed by atoms with Gasteiger partial charge in [0.2, 0.25) is 0 Å². The van der Waals surface area contributed by atoms with Gasteiger partial charge in [0.1, 0.15) is 4.32 Å². The van der Waals surface area contributed by atoms with Crippen LogP contribution in [0, 0.1) is 0 Å². The van der Waals surface area contributed by atoms with Gasteiger partial charge in [-0.05, 0) is 38.2 Å². The minimum absolute atomic E-state index is 0.771. The monoisotopic (exact) mass is 319 g/mol. The van der Waals surface area contributed by atoms with E-state index in [1.165, 1.54) is 6.42 Å². The summed E-state index contributed by atoms with van der Waals surface area (Å²) in [7, 11) is 0. The van der Waals surface area contributed by atoms with Crippen LogP contribution in [0.4, 0.5) is 0 Å². The summed E-state index contributed by atoms with van der Waals surface area (Å²) in [5.41, 5.74) is 0. The number of carboxylic acids is 1. The molecule has 0 radical (unpaired) electrons. The Morgan fingerprint density at radius 2 is 2.12 bits per heavy atom. The maximum Gasteiger partial charge on any atom is 0.319 e. The van der Waals surface area contributed by atoms with Gasteiger partial charge in [-0.1, -0.05) is 28.9 Å². The smallest absolute Gasteiger partial charge is 0.319 e. The maximum atomic E-state index is 9.97. The highest BCUT2D eigenvalue weighted by Crippen LogP contribution is 2.14. The van der Waals surface area contributed by atoms with E-state index in [0.29, 0.717) is 0 Å². The second kappa shape index (κ2) is 8.53. The van der Waals surface area contributed by atoms with Crippen molar-refractivity contribution in [1.29, 1.82) is 0 Å². The van der Waals surface area contributed by atoms with Crippen LogP contribution in [0.25, 0.3) is 0 Å². The Morgan fingerprint density at radius 1 is 1.53 bits per heavy atom. The van der Waals surface area contributed by atoms with Crippen LogP contribution in [0.3, 0.4) is 0 Å². The lowest BCUT2D eigenvalue weighted by atomic mass is 10.2. The van der Waals surface area contributed by atoms with Crippen LogP contribution in [-0.2, 0) is 4.79 Å². The van der Waals surface area contributed by atoms with Gasteiger partial charge in [0.15, 0.2) is 0 Å². The Labute approximate surface area is 115 Å². The molecule has 0 aliphatic rings. The molecule has 1 N–H and O–H groups in total. The zero-order chi connectivity index (χ0) is 13.3. The van der Waals surface area contributed by atoms with E-state index in [9.17, 15) is 4.79 Å². The topological polar surface area (TPSA) is 50.2 Å². The van der Waals surface area contributed by atoms with Crippen LogP contribution >= 0.6 is 27.7 Å². The number of carboxylic acid groups (broad SMARTS) is 1. The van der Waals surface area contributed by atoms with Gasteiger partial charge in [-0.25, -0.2) is 4.98 Å². The first-order valence-corrected chi connectivity index (χ1v) is 7.12. The minimum Gasteiger partial charge on any atom is -0.480 e. The van der Waals surface area contributed by atoms with Gasteiger partial charge in [0.05, 0.1) is 5.03 Å². The van der Waals surface area contributed by atoms with Crippen molar-refractivity contribution in [2.45, 2.75) is 36.5 Å². The number of alkyl halides is 1. The lowest BCUT2D eigenvalue weighted by molar-refractivity contribution is -0.138. The van der Waals surface area contributed by atoms with Crippen molar-refractivity contribution in [2.24, 2.45) is 0 Å². The van der Waals surface area contributed by atoms with Crippen LogP contribution in [0.2, 0.25) is 0 Å². The standard InChI is InChI=1S/C8H11NS.C4H7BrO2/c1-2-7-10-8-5-3-4-6-9-8;1-4(2,5)3(6)7/h3-6H,2,7H2,1H3;1-2H3,(H,6,7). The van der Waals surface area contributed by atoms with Crippen molar-refractivity contribution in [3.8, 4) is 0 Å². The summed E-state index contributed by atoms with van der Waals surface area (Å²) in [6.45, 7) is 5.33. The summed E-state index contributed by atoms with van der Waals surface area (Å²) < 4.78 is -0.771. The van der Waals surface area contributed by atoms with Gasteiger partial charge in [0.25, 0.3) is 0 Å². The molecule has 1 heterocycles. The van der Waals surface area contributed by atoms with Crippen LogP contribution in [0.1, 0.15) is 27.2 Å². The number of aromatic nitrogens is 1. The van der Waals surface area contributed by atoms with E-state index >= 15 is 0 Å². The van der Waals surface area contributed by atoms with E-state index < -0.39 is 10.3 Å². The van der Waals surface area contributed by atoms with Gasteiger partial charge in [0, 0.05) is 6.20 Å². The SMILES string of the molecule is CC(C)(Br)C(=O)O.CCCSc1ccccn1. The first-order chi connectivity index (χ1) is 7.88. The van der Waals surface area contributed by atoms with Crippen molar-refractivity contribution >= 4 is 33.7 Å². The summed E-state index contributed by atoms with van der Waals surface area (Å²) >= 11 is 4.75. The van der Waals surface area contributed by atoms with Gasteiger partial charge in [-0.3, -0.25) is 4.79 Å². The zero-order valence-electron chi connectivity index (χ0n) is 10.3. The highest BCUT2D eigenvalue weighted by molar-refractivity contribution is 9.10. The molecule has 17 heavy (non-hydrogen) atoms. The number of aliphatic carboxylic acids is 1. The fourth-order valence-corrected chi connectivity index (χ4v) is 1.36. The van der Waals surface area contributed by atoms with E-state index in [1.807, 2.05) is 36.2 Å². The molecule has 0 unspecified atom stereocenters. The lowest BCUT2D eigenvalue weighted by Crippen LogP contribution is -2.22. The van der Waals surface area contributed by atoms with E-state index in [1.54, 1.807) is 13.8 Å². The van der Waals surface area contributed by atoms with Crippen molar-refractivity contribution in [3.05, 3.63) is 24.4 Å². The Kier molecular flexibility index (Phi) is 8.25. The molecule has 1 aromatic rings. The Hall–Kier alpha value is -0.550. The Balaban J connectivity index is 0.000000325. The van der Waals surface area contributed by atoms with E-state index in [4.69, 9.17) is 5.11 Å². The number of thioether (sulfide) groups is 1.